The first kappa shape index (κ1) is 12.0. The fraction of sp³-hybridized carbons (Fsp3) is 0.625. The molecule has 2 aliphatic rings. The lowest BCUT2D eigenvalue weighted by Crippen LogP contribution is -2.27. The van der Waals surface area contributed by atoms with Crippen LogP contribution in [0.2, 0.25) is 0 Å². The van der Waals surface area contributed by atoms with E-state index in [-0.39, 0.29) is 0 Å². The van der Waals surface area contributed by atoms with Crippen LogP contribution in [-0.4, -0.2) is 19.6 Å². The number of para-hydroxylation sites is 1. The van der Waals surface area contributed by atoms with Crippen LogP contribution in [0.4, 0.5) is 5.69 Å². The molecule has 2 nitrogen and oxygen atoms in total. The maximum Gasteiger partial charge on any atom is 0.0432 e. The predicted molar refractivity (Wildman–Crippen MR) is 77.1 cm³/mol. The van der Waals surface area contributed by atoms with E-state index in [2.05, 4.69) is 23.1 Å². The van der Waals surface area contributed by atoms with Crippen molar-refractivity contribution in [3.8, 4) is 0 Å². The minimum absolute atomic E-state index is 0.758. The summed E-state index contributed by atoms with van der Waals surface area (Å²) < 4.78 is 0. The summed E-state index contributed by atoms with van der Waals surface area (Å²) in [7, 11) is 0. The van der Waals surface area contributed by atoms with E-state index < -0.39 is 0 Å². The minimum Gasteiger partial charge on any atom is -0.370 e. The molecule has 1 heterocycles. The molecule has 0 aromatic heterocycles. The Bertz CT molecular complexity index is 408. The van der Waals surface area contributed by atoms with E-state index in [1.54, 1.807) is 5.56 Å². The Hall–Kier alpha value is -1.02. The van der Waals surface area contributed by atoms with Gasteiger partial charge in [0.1, 0.15) is 0 Å². The Kier molecular flexibility index (Phi) is 3.55. The van der Waals surface area contributed by atoms with Crippen molar-refractivity contribution in [2.24, 2.45) is 11.7 Å². The van der Waals surface area contributed by atoms with Crippen LogP contribution in [0.25, 0.3) is 0 Å². The third-order valence-electron chi connectivity index (χ3n) is 4.54. The first-order valence-corrected chi connectivity index (χ1v) is 7.44. The van der Waals surface area contributed by atoms with Crippen molar-refractivity contribution in [3.63, 3.8) is 0 Å². The van der Waals surface area contributed by atoms with Crippen molar-refractivity contribution in [1.29, 1.82) is 0 Å². The molecule has 1 aromatic carbocycles. The molecule has 1 saturated carbocycles. The van der Waals surface area contributed by atoms with Crippen molar-refractivity contribution in [2.45, 2.75) is 38.5 Å². The average molecular weight is 244 g/mol. The van der Waals surface area contributed by atoms with Gasteiger partial charge in [-0.25, -0.2) is 0 Å². The molecule has 2 heteroatoms. The van der Waals surface area contributed by atoms with Gasteiger partial charge in [-0.2, -0.15) is 0 Å². The number of rotatable bonds is 4. The zero-order chi connectivity index (χ0) is 12.4. The van der Waals surface area contributed by atoms with E-state index in [9.17, 15) is 0 Å². The minimum atomic E-state index is 0.758. The molecule has 0 bridgehead atoms. The Morgan fingerprint density at radius 3 is 2.83 bits per heavy atom. The SMILES string of the molecule is NCCc1cccc2c1N(CC1CCCC1)CC2. The number of hydrogen-bond donors (Lipinski definition) is 1. The van der Waals surface area contributed by atoms with Gasteiger partial charge in [-0.05, 0) is 49.3 Å². The van der Waals surface area contributed by atoms with Crippen LogP contribution in [0.3, 0.4) is 0 Å². The van der Waals surface area contributed by atoms with Crippen LogP contribution in [0.1, 0.15) is 36.8 Å². The Labute approximate surface area is 110 Å². The Balaban J connectivity index is 1.80. The maximum atomic E-state index is 5.75. The molecule has 1 fully saturated rings. The molecular formula is C16H24N2. The Morgan fingerprint density at radius 1 is 1.22 bits per heavy atom. The standard InChI is InChI=1S/C16H24N2/c17-10-8-14-6-3-7-15-9-11-18(16(14)15)12-13-4-1-2-5-13/h3,6-7,13H,1-2,4-5,8-12,17H2. The van der Waals surface area contributed by atoms with E-state index in [1.165, 1.54) is 56.4 Å². The quantitative estimate of drug-likeness (QED) is 0.882. The van der Waals surface area contributed by atoms with Gasteiger partial charge < -0.3 is 10.6 Å². The fourth-order valence-electron chi connectivity index (χ4n) is 3.66. The first-order chi connectivity index (χ1) is 8.88. The highest BCUT2D eigenvalue weighted by atomic mass is 15.2. The summed E-state index contributed by atoms with van der Waals surface area (Å²) in [5.41, 5.74) is 10.3. The summed E-state index contributed by atoms with van der Waals surface area (Å²) in [5, 5.41) is 0. The molecule has 0 spiro atoms. The number of nitrogens with two attached hydrogens (primary N) is 1. The lowest BCUT2D eigenvalue weighted by Gasteiger charge is -2.25. The second-order valence-corrected chi connectivity index (χ2v) is 5.81. The van der Waals surface area contributed by atoms with Gasteiger partial charge in [0.15, 0.2) is 0 Å². The molecular weight excluding hydrogens is 220 g/mol. The molecule has 1 aliphatic carbocycles. The predicted octanol–water partition coefficient (Wildman–Crippen LogP) is 2.74. The van der Waals surface area contributed by atoms with Gasteiger partial charge in [0.25, 0.3) is 0 Å². The molecule has 1 aliphatic heterocycles. The normalized spacial score (nSPS) is 19.5. The van der Waals surface area contributed by atoms with Gasteiger partial charge >= 0.3 is 0 Å². The molecule has 18 heavy (non-hydrogen) atoms. The molecule has 2 N–H and O–H groups in total. The van der Waals surface area contributed by atoms with Crippen molar-refractivity contribution in [1.82, 2.24) is 0 Å². The number of anilines is 1. The molecule has 1 aromatic rings. The number of nitrogens with zero attached hydrogens (tertiary/aromatic N) is 1. The monoisotopic (exact) mass is 244 g/mol. The highest BCUT2D eigenvalue weighted by molar-refractivity contribution is 5.63. The average Bonchev–Trinajstić information content (AvgIpc) is 3.01. The van der Waals surface area contributed by atoms with Gasteiger partial charge in [0.2, 0.25) is 0 Å². The van der Waals surface area contributed by atoms with Crippen LogP contribution in [0, 0.1) is 5.92 Å². The summed E-state index contributed by atoms with van der Waals surface area (Å²) in [5.74, 6) is 0.932. The van der Waals surface area contributed by atoms with E-state index in [1.807, 2.05) is 0 Å². The van der Waals surface area contributed by atoms with Crippen molar-refractivity contribution in [2.75, 3.05) is 24.5 Å². The third kappa shape index (κ3) is 2.26. The summed E-state index contributed by atoms with van der Waals surface area (Å²) in [6.07, 6.45) is 7.99. The van der Waals surface area contributed by atoms with Gasteiger partial charge in [0, 0.05) is 18.8 Å². The summed E-state index contributed by atoms with van der Waals surface area (Å²) >= 11 is 0. The molecule has 98 valence electrons. The summed E-state index contributed by atoms with van der Waals surface area (Å²) in [4.78, 5) is 2.64. The fourth-order valence-corrected chi connectivity index (χ4v) is 3.66. The maximum absolute atomic E-state index is 5.75. The van der Waals surface area contributed by atoms with E-state index >= 15 is 0 Å². The van der Waals surface area contributed by atoms with Crippen LogP contribution in [0.5, 0.6) is 0 Å². The van der Waals surface area contributed by atoms with Gasteiger partial charge in [0.05, 0.1) is 0 Å². The zero-order valence-corrected chi connectivity index (χ0v) is 11.2. The van der Waals surface area contributed by atoms with Crippen molar-refractivity contribution in [3.05, 3.63) is 29.3 Å². The van der Waals surface area contributed by atoms with E-state index in [0.717, 1.165) is 18.9 Å². The van der Waals surface area contributed by atoms with E-state index in [4.69, 9.17) is 5.73 Å². The topological polar surface area (TPSA) is 29.3 Å². The lowest BCUT2D eigenvalue weighted by atomic mass is 10.0. The van der Waals surface area contributed by atoms with Crippen LogP contribution < -0.4 is 10.6 Å². The summed E-state index contributed by atoms with van der Waals surface area (Å²) in [6.45, 7) is 3.25. The second-order valence-electron chi connectivity index (χ2n) is 5.81. The van der Waals surface area contributed by atoms with Gasteiger partial charge in [-0.15, -0.1) is 0 Å². The Morgan fingerprint density at radius 2 is 2.06 bits per heavy atom. The third-order valence-corrected chi connectivity index (χ3v) is 4.54. The first-order valence-electron chi connectivity index (χ1n) is 7.44. The largest absolute Gasteiger partial charge is 0.370 e. The van der Waals surface area contributed by atoms with Crippen molar-refractivity contribution < 1.29 is 0 Å². The highest BCUT2D eigenvalue weighted by Crippen LogP contribution is 2.35. The molecule has 0 unspecified atom stereocenters. The molecule has 0 atom stereocenters. The van der Waals surface area contributed by atoms with Crippen LogP contribution in [-0.2, 0) is 12.8 Å². The summed E-state index contributed by atoms with van der Waals surface area (Å²) in [6, 6.07) is 6.76. The van der Waals surface area contributed by atoms with Gasteiger partial charge in [-0.1, -0.05) is 31.0 Å². The second kappa shape index (κ2) is 5.31. The molecule has 0 radical (unpaired) electrons. The van der Waals surface area contributed by atoms with E-state index in [0.29, 0.717) is 0 Å². The smallest absolute Gasteiger partial charge is 0.0432 e. The lowest BCUT2D eigenvalue weighted by molar-refractivity contribution is 0.537. The van der Waals surface area contributed by atoms with Crippen molar-refractivity contribution >= 4 is 5.69 Å². The van der Waals surface area contributed by atoms with Gasteiger partial charge in [-0.3, -0.25) is 0 Å². The molecule has 0 saturated heterocycles. The van der Waals surface area contributed by atoms with Crippen LogP contribution in [0.15, 0.2) is 18.2 Å². The number of hydrogen-bond acceptors (Lipinski definition) is 2. The van der Waals surface area contributed by atoms with Crippen LogP contribution >= 0.6 is 0 Å². The highest BCUT2D eigenvalue weighted by Gasteiger charge is 2.25. The number of benzene rings is 1. The molecule has 3 rings (SSSR count). The molecule has 0 amide bonds. The number of fused-ring (bicyclic) bond motifs is 1. The zero-order valence-electron chi connectivity index (χ0n) is 11.2.